The van der Waals surface area contributed by atoms with E-state index in [4.69, 9.17) is 0 Å². The Kier molecular flexibility index (Phi) is 6.00. The molecule has 3 aromatic carbocycles. The minimum atomic E-state index is -4.71. The summed E-state index contributed by atoms with van der Waals surface area (Å²) >= 11 is 0. The number of allylic oxidation sites excluding steroid dienone is 1. The minimum Gasteiger partial charge on any atom is -0.508 e. The van der Waals surface area contributed by atoms with Gasteiger partial charge in [-0.1, -0.05) is 56.3 Å². The van der Waals surface area contributed by atoms with Crippen LogP contribution in [-0.4, -0.2) is 11.5 Å². The van der Waals surface area contributed by atoms with E-state index in [1.807, 2.05) is 6.07 Å². The molecule has 1 aliphatic rings. The molecule has 0 radical (unpaired) electrons. The van der Waals surface area contributed by atoms with Crippen molar-refractivity contribution in [2.75, 3.05) is 0 Å². The van der Waals surface area contributed by atoms with E-state index in [-0.39, 0.29) is 11.5 Å². The molecule has 0 unspecified atom stereocenters. The van der Waals surface area contributed by atoms with Crippen LogP contribution in [0.1, 0.15) is 60.4 Å². The highest BCUT2D eigenvalue weighted by atomic mass is 19.4. The van der Waals surface area contributed by atoms with Crippen molar-refractivity contribution in [3.05, 3.63) is 94.5 Å². The molecule has 4 rings (SSSR count). The van der Waals surface area contributed by atoms with Crippen LogP contribution in [-0.2, 0) is 6.42 Å². The maximum atomic E-state index is 12.6. The van der Waals surface area contributed by atoms with Crippen LogP contribution in [0.2, 0.25) is 0 Å². The molecule has 0 saturated carbocycles. The van der Waals surface area contributed by atoms with E-state index < -0.39 is 6.36 Å². The lowest BCUT2D eigenvalue weighted by molar-refractivity contribution is -0.274. The lowest BCUT2D eigenvalue weighted by Gasteiger charge is -2.18. The van der Waals surface area contributed by atoms with Crippen LogP contribution in [0, 0.1) is 0 Å². The van der Waals surface area contributed by atoms with E-state index in [9.17, 15) is 18.3 Å². The lowest BCUT2D eigenvalue weighted by Crippen LogP contribution is -2.17. The summed E-state index contributed by atoms with van der Waals surface area (Å²) in [7, 11) is 0. The topological polar surface area (TPSA) is 29.5 Å². The van der Waals surface area contributed by atoms with Gasteiger partial charge < -0.3 is 9.84 Å². The fourth-order valence-corrected chi connectivity index (χ4v) is 4.28. The number of phenols is 1. The largest absolute Gasteiger partial charge is 0.573 e. The predicted octanol–water partition coefficient (Wildman–Crippen LogP) is 7.71. The van der Waals surface area contributed by atoms with E-state index in [1.54, 1.807) is 24.3 Å². The van der Waals surface area contributed by atoms with Crippen LogP contribution in [0.4, 0.5) is 13.2 Å². The second-order valence-electron chi connectivity index (χ2n) is 8.40. The SMILES string of the molecule is CC(C)c1ccc(C2=C(c3ccc(OC(F)(F)F)cc3)CCCc3cc(O)ccc32)cc1. The third-order valence-corrected chi connectivity index (χ3v) is 5.84. The molecule has 0 spiro atoms. The van der Waals surface area contributed by atoms with Crippen LogP contribution in [0.3, 0.4) is 0 Å². The summed E-state index contributed by atoms with van der Waals surface area (Å²) in [6.07, 6.45) is -2.25. The van der Waals surface area contributed by atoms with Crippen molar-refractivity contribution in [1.82, 2.24) is 0 Å². The predicted molar refractivity (Wildman–Crippen MR) is 121 cm³/mol. The summed E-state index contributed by atoms with van der Waals surface area (Å²) < 4.78 is 41.7. The van der Waals surface area contributed by atoms with Gasteiger partial charge in [-0.15, -0.1) is 13.2 Å². The summed E-state index contributed by atoms with van der Waals surface area (Å²) in [6, 6.07) is 20.0. The van der Waals surface area contributed by atoms with Gasteiger partial charge in [0.1, 0.15) is 11.5 Å². The molecule has 5 heteroatoms. The van der Waals surface area contributed by atoms with Gasteiger partial charge in [0.05, 0.1) is 0 Å². The van der Waals surface area contributed by atoms with Gasteiger partial charge in [-0.05, 0) is 88.4 Å². The summed E-state index contributed by atoms with van der Waals surface area (Å²) in [5.74, 6) is 0.413. The fourth-order valence-electron chi connectivity index (χ4n) is 4.28. The molecule has 0 atom stereocenters. The number of halogens is 3. The Morgan fingerprint density at radius 1 is 0.844 bits per heavy atom. The maximum Gasteiger partial charge on any atom is 0.573 e. The van der Waals surface area contributed by atoms with E-state index in [1.165, 1.54) is 17.7 Å². The Bertz CT molecular complexity index is 1130. The molecular weight excluding hydrogens is 413 g/mol. The van der Waals surface area contributed by atoms with Crippen molar-refractivity contribution in [3.8, 4) is 11.5 Å². The molecule has 1 N–H and O–H groups in total. The number of phenolic OH excluding ortho intramolecular Hbond substituents is 1. The Morgan fingerprint density at radius 2 is 1.50 bits per heavy atom. The third kappa shape index (κ3) is 4.82. The summed E-state index contributed by atoms with van der Waals surface area (Å²) in [5.41, 5.74) is 7.40. The van der Waals surface area contributed by atoms with Gasteiger partial charge in [0.25, 0.3) is 0 Å². The molecule has 32 heavy (non-hydrogen) atoms. The molecule has 0 aliphatic heterocycles. The van der Waals surface area contributed by atoms with Crippen LogP contribution in [0.15, 0.2) is 66.7 Å². The third-order valence-electron chi connectivity index (χ3n) is 5.84. The quantitative estimate of drug-likeness (QED) is 0.452. The van der Waals surface area contributed by atoms with Crippen molar-refractivity contribution in [1.29, 1.82) is 0 Å². The van der Waals surface area contributed by atoms with E-state index in [2.05, 4.69) is 42.8 Å². The molecule has 0 fully saturated rings. The van der Waals surface area contributed by atoms with Gasteiger partial charge in [0.2, 0.25) is 0 Å². The molecule has 0 saturated heterocycles. The molecule has 0 amide bonds. The minimum absolute atomic E-state index is 0.232. The first kappa shape index (κ1) is 22.0. The number of rotatable bonds is 4. The molecule has 1 aliphatic carbocycles. The Hall–Kier alpha value is -3.21. The first-order valence-electron chi connectivity index (χ1n) is 10.7. The monoisotopic (exact) mass is 438 g/mol. The van der Waals surface area contributed by atoms with Gasteiger partial charge >= 0.3 is 6.36 Å². The highest BCUT2D eigenvalue weighted by Gasteiger charge is 2.31. The number of hydrogen-bond donors (Lipinski definition) is 1. The van der Waals surface area contributed by atoms with Crippen LogP contribution in [0.5, 0.6) is 11.5 Å². The van der Waals surface area contributed by atoms with Crippen LogP contribution < -0.4 is 4.74 Å². The van der Waals surface area contributed by atoms with Gasteiger partial charge in [-0.25, -0.2) is 0 Å². The van der Waals surface area contributed by atoms with Gasteiger partial charge in [-0.3, -0.25) is 0 Å². The second-order valence-corrected chi connectivity index (χ2v) is 8.40. The second kappa shape index (κ2) is 8.73. The van der Waals surface area contributed by atoms with Crippen molar-refractivity contribution >= 4 is 11.1 Å². The highest BCUT2D eigenvalue weighted by Crippen LogP contribution is 2.41. The Labute approximate surface area is 186 Å². The first-order chi connectivity index (χ1) is 15.2. The van der Waals surface area contributed by atoms with Gasteiger partial charge in [0.15, 0.2) is 0 Å². The molecule has 166 valence electrons. The molecule has 2 nitrogen and oxygen atoms in total. The number of fused-ring (bicyclic) bond motifs is 1. The van der Waals surface area contributed by atoms with Crippen molar-refractivity contribution in [2.45, 2.75) is 45.4 Å². The lowest BCUT2D eigenvalue weighted by atomic mass is 9.87. The number of benzene rings is 3. The van der Waals surface area contributed by atoms with Gasteiger partial charge in [-0.2, -0.15) is 0 Å². The molecule has 0 bridgehead atoms. The number of hydrogen-bond acceptors (Lipinski definition) is 2. The Balaban J connectivity index is 1.86. The van der Waals surface area contributed by atoms with E-state index in [0.29, 0.717) is 5.92 Å². The van der Waals surface area contributed by atoms with Crippen LogP contribution >= 0.6 is 0 Å². The van der Waals surface area contributed by atoms with E-state index in [0.717, 1.165) is 52.7 Å². The number of aromatic hydroxyl groups is 1. The zero-order valence-electron chi connectivity index (χ0n) is 18.0. The highest BCUT2D eigenvalue weighted by molar-refractivity contribution is 6.00. The zero-order valence-corrected chi connectivity index (χ0v) is 18.0. The molecule has 3 aromatic rings. The van der Waals surface area contributed by atoms with Crippen molar-refractivity contribution < 1.29 is 23.0 Å². The first-order valence-corrected chi connectivity index (χ1v) is 10.7. The summed E-state index contributed by atoms with van der Waals surface area (Å²) in [4.78, 5) is 0. The number of alkyl halides is 3. The fraction of sp³-hybridized carbons (Fsp3) is 0.259. The summed E-state index contributed by atoms with van der Waals surface area (Å²) in [5, 5.41) is 10.0. The molecule has 0 aromatic heterocycles. The number of aryl methyl sites for hydroxylation is 1. The Morgan fingerprint density at radius 3 is 2.12 bits per heavy atom. The van der Waals surface area contributed by atoms with Crippen molar-refractivity contribution in [2.24, 2.45) is 0 Å². The average molecular weight is 438 g/mol. The van der Waals surface area contributed by atoms with Crippen molar-refractivity contribution in [3.63, 3.8) is 0 Å². The molecule has 0 heterocycles. The van der Waals surface area contributed by atoms with Crippen LogP contribution in [0.25, 0.3) is 11.1 Å². The van der Waals surface area contributed by atoms with E-state index >= 15 is 0 Å². The van der Waals surface area contributed by atoms with Gasteiger partial charge in [0, 0.05) is 0 Å². The standard InChI is InChI=1S/C27H25F3O2/c1-17(2)18-6-8-20(9-7-18)26-24(5-3-4-21-16-22(31)12-15-25(21)26)19-10-13-23(14-11-19)32-27(28,29)30/h6-17,31H,3-5H2,1-2H3. The number of ether oxygens (including phenoxy) is 1. The maximum absolute atomic E-state index is 12.6. The normalized spacial score (nSPS) is 14.3. The summed E-state index contributed by atoms with van der Waals surface area (Å²) in [6.45, 7) is 4.29. The molecular formula is C27H25F3O2. The zero-order chi connectivity index (χ0) is 22.9. The smallest absolute Gasteiger partial charge is 0.508 e. The average Bonchev–Trinajstić information content (AvgIpc) is 2.92.